The van der Waals surface area contributed by atoms with Gasteiger partial charge in [0.2, 0.25) is 0 Å². The summed E-state index contributed by atoms with van der Waals surface area (Å²) in [5.74, 6) is 2.51. The molecule has 0 aromatic heterocycles. The van der Waals surface area contributed by atoms with Gasteiger partial charge in [-0.1, -0.05) is 0 Å². The van der Waals surface area contributed by atoms with Crippen LogP contribution in [0, 0.1) is 5.92 Å². The summed E-state index contributed by atoms with van der Waals surface area (Å²) in [6.07, 6.45) is -2.37. The number of hydrogen-bond acceptors (Lipinski definition) is 4. The van der Waals surface area contributed by atoms with E-state index in [0.717, 1.165) is 35.5 Å². The Morgan fingerprint density at radius 2 is 2.10 bits per heavy atom. The summed E-state index contributed by atoms with van der Waals surface area (Å²) >= 11 is 0. The van der Waals surface area contributed by atoms with Crippen LogP contribution in [0.15, 0.2) is 17.1 Å². The van der Waals surface area contributed by atoms with Gasteiger partial charge in [0.25, 0.3) is 0 Å². The van der Waals surface area contributed by atoms with Gasteiger partial charge in [-0.3, -0.25) is 4.90 Å². The molecule has 2 heterocycles. The molecule has 2 unspecified atom stereocenters. The molecule has 1 aromatic carbocycles. The summed E-state index contributed by atoms with van der Waals surface area (Å²) in [4.78, 5) is 6.14. The first-order chi connectivity index (χ1) is 14.8. The van der Waals surface area contributed by atoms with Gasteiger partial charge in [-0.15, -0.1) is 0 Å². The molecule has 1 saturated heterocycles. The van der Waals surface area contributed by atoms with Crippen LogP contribution in [0.4, 0.5) is 13.2 Å². The van der Waals surface area contributed by atoms with Gasteiger partial charge in [-0.25, -0.2) is 4.99 Å². The van der Waals surface area contributed by atoms with E-state index in [0.29, 0.717) is 45.3 Å². The average Bonchev–Trinajstić information content (AvgIpc) is 3.27. The van der Waals surface area contributed by atoms with Crippen LogP contribution in [0.1, 0.15) is 38.3 Å². The summed E-state index contributed by atoms with van der Waals surface area (Å²) in [7, 11) is 0. The highest BCUT2D eigenvalue weighted by atomic mass is 19.4. The van der Waals surface area contributed by atoms with Crippen molar-refractivity contribution < 1.29 is 22.6 Å². The molecule has 0 radical (unpaired) electrons. The lowest BCUT2D eigenvalue weighted by Gasteiger charge is -2.19. The Kier molecular flexibility index (Phi) is 7.91. The number of aliphatic imine (C=N–C) groups is 1. The second-order valence-electron chi connectivity index (χ2n) is 8.21. The summed E-state index contributed by atoms with van der Waals surface area (Å²) in [6.45, 7) is 8.33. The normalized spacial score (nSPS) is 21.7. The van der Waals surface area contributed by atoms with E-state index >= 15 is 0 Å². The molecule has 1 aromatic rings. The predicted octanol–water partition coefficient (Wildman–Crippen LogP) is 3.35. The molecule has 2 atom stereocenters. The van der Waals surface area contributed by atoms with Crippen molar-refractivity contribution in [3.05, 3.63) is 23.3 Å². The molecule has 0 spiro atoms. The molecule has 0 aliphatic carbocycles. The molecule has 31 heavy (non-hydrogen) atoms. The number of fused-ring (bicyclic) bond motifs is 1. The van der Waals surface area contributed by atoms with Crippen molar-refractivity contribution in [1.29, 1.82) is 0 Å². The van der Waals surface area contributed by atoms with Crippen molar-refractivity contribution in [3.63, 3.8) is 0 Å². The molecule has 9 heteroatoms. The predicted molar refractivity (Wildman–Crippen MR) is 115 cm³/mol. The van der Waals surface area contributed by atoms with Gasteiger partial charge in [-0.2, -0.15) is 13.2 Å². The third-order valence-electron chi connectivity index (χ3n) is 5.46. The molecular formula is C22H33F3N4O2. The van der Waals surface area contributed by atoms with E-state index in [2.05, 4.69) is 15.6 Å². The highest BCUT2D eigenvalue weighted by molar-refractivity contribution is 5.79. The second kappa shape index (κ2) is 10.4. The number of nitrogens with zero attached hydrogens (tertiary/aromatic N) is 2. The number of rotatable bonds is 8. The van der Waals surface area contributed by atoms with Gasteiger partial charge in [0, 0.05) is 37.2 Å². The fourth-order valence-corrected chi connectivity index (χ4v) is 4.12. The maximum Gasteiger partial charge on any atom is 0.401 e. The van der Waals surface area contributed by atoms with E-state index in [1.807, 2.05) is 32.9 Å². The zero-order chi connectivity index (χ0) is 22.4. The van der Waals surface area contributed by atoms with E-state index in [1.54, 1.807) is 0 Å². The number of ether oxygens (including phenoxy) is 2. The zero-order valence-electron chi connectivity index (χ0n) is 18.5. The van der Waals surface area contributed by atoms with Gasteiger partial charge in [0.1, 0.15) is 17.6 Å². The molecular weight excluding hydrogens is 409 g/mol. The van der Waals surface area contributed by atoms with Crippen molar-refractivity contribution in [3.8, 4) is 11.5 Å². The smallest absolute Gasteiger partial charge is 0.401 e. The Morgan fingerprint density at radius 1 is 1.29 bits per heavy atom. The van der Waals surface area contributed by atoms with Gasteiger partial charge in [-0.05, 0) is 51.8 Å². The zero-order valence-corrected chi connectivity index (χ0v) is 18.5. The molecule has 2 aliphatic rings. The standard InChI is InChI=1S/C22H33F3N4O2/c1-4-26-21(27-11-16-6-7-29(13-16)14-22(23,24)25)28-12-18-10-20-17(8-15(3)31-20)9-19(18)30-5-2/h9-10,15-16H,4-8,11-14H2,1-3H3,(H2,26,27,28). The van der Waals surface area contributed by atoms with Gasteiger partial charge >= 0.3 is 6.18 Å². The molecule has 0 saturated carbocycles. The van der Waals surface area contributed by atoms with E-state index in [1.165, 1.54) is 4.90 Å². The summed E-state index contributed by atoms with van der Waals surface area (Å²) in [5.41, 5.74) is 2.10. The van der Waals surface area contributed by atoms with Gasteiger partial charge in [0.15, 0.2) is 5.96 Å². The number of alkyl halides is 3. The number of benzene rings is 1. The second-order valence-corrected chi connectivity index (χ2v) is 8.21. The van der Waals surface area contributed by atoms with Crippen molar-refractivity contribution in [2.24, 2.45) is 10.9 Å². The van der Waals surface area contributed by atoms with Crippen LogP contribution in [0.3, 0.4) is 0 Å². The maximum absolute atomic E-state index is 12.6. The minimum Gasteiger partial charge on any atom is -0.494 e. The third kappa shape index (κ3) is 6.92. The van der Waals surface area contributed by atoms with E-state index in [9.17, 15) is 13.2 Å². The minimum atomic E-state index is -4.14. The van der Waals surface area contributed by atoms with Crippen LogP contribution in [0.5, 0.6) is 11.5 Å². The van der Waals surface area contributed by atoms with Crippen LogP contribution in [-0.2, 0) is 13.0 Å². The SMILES string of the molecule is CCNC(=NCc1cc2c(cc1OCC)CC(C)O2)NCC1CCN(CC(F)(F)F)C1. The molecule has 6 nitrogen and oxygen atoms in total. The Bertz CT molecular complexity index is 770. The highest BCUT2D eigenvalue weighted by Gasteiger charge is 2.34. The molecule has 174 valence electrons. The Hall–Kier alpha value is -2.16. The lowest BCUT2D eigenvalue weighted by atomic mass is 10.1. The third-order valence-corrected chi connectivity index (χ3v) is 5.46. The van der Waals surface area contributed by atoms with Crippen LogP contribution < -0.4 is 20.1 Å². The van der Waals surface area contributed by atoms with Crippen LogP contribution >= 0.6 is 0 Å². The molecule has 2 aliphatic heterocycles. The topological polar surface area (TPSA) is 58.1 Å². The summed E-state index contributed by atoms with van der Waals surface area (Å²) in [6, 6.07) is 4.05. The molecule has 0 amide bonds. The largest absolute Gasteiger partial charge is 0.494 e. The van der Waals surface area contributed by atoms with Crippen molar-refractivity contribution in [1.82, 2.24) is 15.5 Å². The first kappa shape index (κ1) is 23.5. The van der Waals surface area contributed by atoms with Gasteiger partial charge < -0.3 is 20.1 Å². The molecule has 3 rings (SSSR count). The van der Waals surface area contributed by atoms with E-state index < -0.39 is 12.7 Å². The van der Waals surface area contributed by atoms with Gasteiger partial charge in [0.05, 0.1) is 19.7 Å². The fourth-order valence-electron chi connectivity index (χ4n) is 4.12. The van der Waals surface area contributed by atoms with Crippen molar-refractivity contribution >= 4 is 5.96 Å². The first-order valence-electron chi connectivity index (χ1n) is 11.0. The first-order valence-corrected chi connectivity index (χ1v) is 11.0. The lowest BCUT2D eigenvalue weighted by molar-refractivity contribution is -0.143. The molecule has 0 bridgehead atoms. The van der Waals surface area contributed by atoms with Crippen LogP contribution in [0.25, 0.3) is 0 Å². The average molecular weight is 443 g/mol. The van der Waals surface area contributed by atoms with Crippen molar-refractivity contribution in [2.75, 3.05) is 39.3 Å². The molecule has 1 fully saturated rings. The van der Waals surface area contributed by atoms with Crippen LogP contribution in [0.2, 0.25) is 0 Å². The Balaban J connectivity index is 1.60. The number of halogens is 3. The Labute approximate surface area is 182 Å². The van der Waals surface area contributed by atoms with Crippen molar-refractivity contribution in [2.45, 2.75) is 52.4 Å². The number of likely N-dealkylation sites (tertiary alicyclic amines) is 1. The fraction of sp³-hybridized carbons (Fsp3) is 0.682. The minimum absolute atomic E-state index is 0.158. The molecule has 2 N–H and O–H groups in total. The summed E-state index contributed by atoms with van der Waals surface area (Å²) in [5, 5.41) is 6.50. The summed E-state index contributed by atoms with van der Waals surface area (Å²) < 4.78 is 49.5. The maximum atomic E-state index is 12.6. The van der Waals surface area contributed by atoms with Crippen LogP contribution in [-0.4, -0.2) is 62.5 Å². The Morgan fingerprint density at radius 3 is 2.81 bits per heavy atom. The lowest BCUT2D eigenvalue weighted by Crippen LogP contribution is -2.40. The number of guanidine groups is 1. The number of nitrogens with one attached hydrogen (secondary N) is 2. The van der Waals surface area contributed by atoms with E-state index in [-0.39, 0.29) is 12.0 Å². The quantitative estimate of drug-likeness (QED) is 0.478. The highest BCUT2D eigenvalue weighted by Crippen LogP contribution is 2.35. The monoisotopic (exact) mass is 442 g/mol. The van der Waals surface area contributed by atoms with E-state index in [4.69, 9.17) is 9.47 Å². The number of hydrogen-bond donors (Lipinski definition) is 2.